The van der Waals surface area contributed by atoms with Crippen LogP contribution in [-0.2, 0) is 6.54 Å². The number of aromatic nitrogens is 1. The maximum Gasteiger partial charge on any atom is 0.141 e. The Bertz CT molecular complexity index is 332. The summed E-state index contributed by atoms with van der Waals surface area (Å²) in [4.78, 5) is 3.83. The largest absolute Gasteiger partial charge is 0.309 e. The Balaban J connectivity index is 1.87. The summed E-state index contributed by atoms with van der Waals surface area (Å²) in [5.74, 6) is 2.82. The van der Waals surface area contributed by atoms with Gasteiger partial charge in [0, 0.05) is 24.5 Å². The van der Waals surface area contributed by atoms with E-state index in [1.165, 1.54) is 18.0 Å². The second-order valence-electron chi connectivity index (χ2n) is 4.01. The van der Waals surface area contributed by atoms with E-state index in [9.17, 15) is 4.39 Å². The highest BCUT2D eigenvalue weighted by Gasteiger charge is 2.22. The van der Waals surface area contributed by atoms with Gasteiger partial charge in [-0.2, -0.15) is 11.8 Å². The molecule has 15 heavy (non-hydrogen) atoms. The Morgan fingerprint density at radius 2 is 2.40 bits per heavy atom. The Morgan fingerprint density at radius 3 is 3.07 bits per heavy atom. The molecular formula is C11H15FN2S. The topological polar surface area (TPSA) is 24.9 Å². The molecule has 0 aliphatic carbocycles. The molecule has 82 valence electrons. The molecule has 2 unspecified atom stereocenters. The van der Waals surface area contributed by atoms with Crippen molar-refractivity contribution in [2.24, 2.45) is 5.92 Å². The summed E-state index contributed by atoms with van der Waals surface area (Å²) in [5, 5.41) is 3.45. The van der Waals surface area contributed by atoms with E-state index in [2.05, 4.69) is 17.2 Å². The molecule has 2 heterocycles. The normalized spacial score (nSPS) is 25.7. The van der Waals surface area contributed by atoms with Gasteiger partial charge in [-0.25, -0.2) is 4.39 Å². The van der Waals surface area contributed by atoms with Crippen LogP contribution in [0.3, 0.4) is 0 Å². The van der Waals surface area contributed by atoms with Gasteiger partial charge in [0.25, 0.3) is 0 Å². The molecule has 0 radical (unpaired) electrons. The van der Waals surface area contributed by atoms with E-state index in [0.29, 0.717) is 18.5 Å². The molecule has 0 spiro atoms. The lowest BCUT2D eigenvalue weighted by Crippen LogP contribution is -2.33. The highest BCUT2D eigenvalue weighted by molar-refractivity contribution is 7.99. The molecule has 1 aromatic heterocycles. The molecule has 4 heteroatoms. The zero-order valence-corrected chi connectivity index (χ0v) is 9.56. The van der Waals surface area contributed by atoms with Crippen LogP contribution in [0.1, 0.15) is 12.5 Å². The van der Waals surface area contributed by atoms with Crippen LogP contribution in [-0.4, -0.2) is 22.5 Å². The summed E-state index contributed by atoms with van der Waals surface area (Å²) < 4.78 is 12.9. The van der Waals surface area contributed by atoms with Crippen molar-refractivity contribution in [3.8, 4) is 0 Å². The number of halogens is 1. The number of rotatable bonds is 3. The van der Waals surface area contributed by atoms with Gasteiger partial charge in [0.05, 0.1) is 6.20 Å². The van der Waals surface area contributed by atoms with Crippen LogP contribution >= 0.6 is 11.8 Å². The maximum absolute atomic E-state index is 12.9. The minimum atomic E-state index is -0.261. The van der Waals surface area contributed by atoms with Gasteiger partial charge in [-0.1, -0.05) is 6.92 Å². The van der Waals surface area contributed by atoms with E-state index in [0.717, 1.165) is 11.3 Å². The Kier molecular flexibility index (Phi) is 3.59. The third-order valence-corrected chi connectivity index (χ3v) is 4.05. The average molecular weight is 226 g/mol. The number of pyridine rings is 1. The Morgan fingerprint density at radius 1 is 1.53 bits per heavy atom. The van der Waals surface area contributed by atoms with Crippen LogP contribution < -0.4 is 5.32 Å². The molecule has 0 aromatic carbocycles. The van der Waals surface area contributed by atoms with Crippen molar-refractivity contribution in [3.63, 3.8) is 0 Å². The zero-order chi connectivity index (χ0) is 10.7. The maximum atomic E-state index is 12.9. The highest BCUT2D eigenvalue weighted by Crippen LogP contribution is 2.23. The standard InChI is InChI=1S/C11H15FN2S/c1-8-6-15-7-11(8)14-4-9-2-10(12)5-13-3-9/h2-3,5,8,11,14H,4,6-7H2,1H3. The minimum Gasteiger partial charge on any atom is -0.309 e. The number of hydrogen-bond acceptors (Lipinski definition) is 3. The highest BCUT2D eigenvalue weighted by atomic mass is 32.2. The van der Waals surface area contributed by atoms with Crippen LogP contribution in [0.5, 0.6) is 0 Å². The fourth-order valence-corrected chi connectivity index (χ4v) is 3.16. The zero-order valence-electron chi connectivity index (χ0n) is 8.74. The first kappa shape index (κ1) is 10.9. The summed E-state index contributed by atoms with van der Waals surface area (Å²) >= 11 is 1.98. The molecule has 1 saturated heterocycles. The Hall–Kier alpha value is -0.610. The number of hydrogen-bond donors (Lipinski definition) is 1. The fraction of sp³-hybridized carbons (Fsp3) is 0.545. The number of thioether (sulfide) groups is 1. The second kappa shape index (κ2) is 4.94. The van der Waals surface area contributed by atoms with Crippen molar-refractivity contribution in [2.45, 2.75) is 19.5 Å². The van der Waals surface area contributed by atoms with Gasteiger partial charge < -0.3 is 5.32 Å². The van der Waals surface area contributed by atoms with Gasteiger partial charge in [0.2, 0.25) is 0 Å². The van der Waals surface area contributed by atoms with Gasteiger partial charge >= 0.3 is 0 Å². The van der Waals surface area contributed by atoms with Crippen LogP contribution in [0.15, 0.2) is 18.5 Å². The lowest BCUT2D eigenvalue weighted by Gasteiger charge is -2.16. The molecule has 2 rings (SSSR count). The fourth-order valence-electron chi connectivity index (χ4n) is 1.72. The van der Waals surface area contributed by atoms with Crippen molar-refractivity contribution in [3.05, 3.63) is 29.8 Å². The molecule has 0 amide bonds. The Labute approximate surface area is 93.7 Å². The summed E-state index contributed by atoms with van der Waals surface area (Å²) in [6, 6.07) is 2.09. The second-order valence-corrected chi connectivity index (χ2v) is 5.09. The molecule has 1 fully saturated rings. The SMILES string of the molecule is CC1CSCC1NCc1cncc(F)c1. The number of nitrogens with one attached hydrogen (secondary N) is 1. The molecule has 2 atom stereocenters. The van der Waals surface area contributed by atoms with E-state index in [1.54, 1.807) is 6.20 Å². The lowest BCUT2D eigenvalue weighted by atomic mass is 10.1. The third-order valence-electron chi connectivity index (χ3n) is 2.69. The van der Waals surface area contributed by atoms with E-state index in [1.807, 2.05) is 11.8 Å². The number of nitrogens with zero attached hydrogens (tertiary/aromatic N) is 1. The van der Waals surface area contributed by atoms with Crippen LogP contribution in [0.2, 0.25) is 0 Å². The van der Waals surface area contributed by atoms with Crippen molar-refractivity contribution < 1.29 is 4.39 Å². The summed E-state index contributed by atoms with van der Waals surface area (Å²) in [6.07, 6.45) is 2.94. The van der Waals surface area contributed by atoms with Crippen molar-refractivity contribution in [1.82, 2.24) is 10.3 Å². The summed E-state index contributed by atoms with van der Waals surface area (Å²) in [5.41, 5.74) is 0.916. The van der Waals surface area contributed by atoms with E-state index >= 15 is 0 Å². The third kappa shape index (κ3) is 2.92. The molecule has 1 N–H and O–H groups in total. The molecular weight excluding hydrogens is 211 g/mol. The first-order chi connectivity index (χ1) is 7.25. The predicted octanol–water partition coefficient (Wildman–Crippen LogP) is 2.06. The van der Waals surface area contributed by atoms with Crippen molar-refractivity contribution in [2.75, 3.05) is 11.5 Å². The molecule has 2 nitrogen and oxygen atoms in total. The van der Waals surface area contributed by atoms with Gasteiger partial charge in [0.15, 0.2) is 0 Å². The molecule has 1 aliphatic rings. The van der Waals surface area contributed by atoms with Crippen molar-refractivity contribution >= 4 is 11.8 Å². The van der Waals surface area contributed by atoms with E-state index in [-0.39, 0.29) is 5.82 Å². The van der Waals surface area contributed by atoms with Crippen LogP contribution in [0.25, 0.3) is 0 Å². The predicted molar refractivity (Wildman–Crippen MR) is 61.3 cm³/mol. The average Bonchev–Trinajstić information content (AvgIpc) is 2.61. The quantitative estimate of drug-likeness (QED) is 0.854. The first-order valence-electron chi connectivity index (χ1n) is 5.16. The van der Waals surface area contributed by atoms with E-state index < -0.39 is 0 Å². The smallest absolute Gasteiger partial charge is 0.141 e. The van der Waals surface area contributed by atoms with Crippen molar-refractivity contribution in [1.29, 1.82) is 0 Å². The van der Waals surface area contributed by atoms with Gasteiger partial charge in [-0.05, 0) is 23.3 Å². The molecule has 0 bridgehead atoms. The minimum absolute atomic E-state index is 0.261. The van der Waals surface area contributed by atoms with Gasteiger partial charge in [-0.15, -0.1) is 0 Å². The van der Waals surface area contributed by atoms with Gasteiger partial charge in [-0.3, -0.25) is 4.98 Å². The van der Waals surface area contributed by atoms with Crippen LogP contribution in [0.4, 0.5) is 4.39 Å². The summed E-state index contributed by atoms with van der Waals surface area (Å²) in [6.45, 7) is 2.96. The van der Waals surface area contributed by atoms with Crippen LogP contribution in [0, 0.1) is 11.7 Å². The molecule has 1 aliphatic heterocycles. The molecule has 0 saturated carbocycles. The first-order valence-corrected chi connectivity index (χ1v) is 6.32. The van der Waals surface area contributed by atoms with Gasteiger partial charge in [0.1, 0.15) is 5.82 Å². The van der Waals surface area contributed by atoms with E-state index in [4.69, 9.17) is 0 Å². The lowest BCUT2D eigenvalue weighted by molar-refractivity contribution is 0.452. The summed E-state index contributed by atoms with van der Waals surface area (Å²) in [7, 11) is 0. The molecule has 1 aromatic rings. The monoisotopic (exact) mass is 226 g/mol.